The van der Waals surface area contributed by atoms with Gasteiger partial charge < -0.3 is 5.11 Å². The second-order valence-electron chi connectivity index (χ2n) is 7.73. The topological polar surface area (TPSA) is 44.0 Å². The van der Waals surface area contributed by atoms with Gasteiger partial charge in [-0.3, -0.25) is 14.2 Å². The molecular formula is C22H30N4OS. The molecule has 2 aromatic heterocycles. The number of rotatable bonds is 8. The molecular weight excluding hydrogens is 368 g/mol. The van der Waals surface area contributed by atoms with Crippen molar-refractivity contribution in [3.8, 4) is 0 Å². The maximum Gasteiger partial charge on any atom is 0.194 e. The van der Waals surface area contributed by atoms with Crippen LogP contribution in [0.25, 0.3) is 4.96 Å². The Morgan fingerprint density at radius 2 is 2.07 bits per heavy atom. The Labute approximate surface area is 171 Å². The molecule has 0 radical (unpaired) electrons. The number of aliphatic hydroxyl groups excluding tert-OH is 1. The van der Waals surface area contributed by atoms with E-state index in [-0.39, 0.29) is 6.61 Å². The molecule has 3 heterocycles. The van der Waals surface area contributed by atoms with Crippen LogP contribution in [-0.2, 0) is 13.0 Å². The van der Waals surface area contributed by atoms with Gasteiger partial charge in [0.15, 0.2) is 4.96 Å². The van der Waals surface area contributed by atoms with Crippen LogP contribution in [0, 0.1) is 6.92 Å². The van der Waals surface area contributed by atoms with Gasteiger partial charge in [0.2, 0.25) is 0 Å². The Morgan fingerprint density at radius 1 is 1.21 bits per heavy atom. The van der Waals surface area contributed by atoms with E-state index in [1.165, 1.54) is 17.7 Å². The number of nitrogens with zero attached hydrogens (tertiary/aromatic N) is 4. The quantitative estimate of drug-likeness (QED) is 0.633. The molecule has 1 atom stereocenters. The number of hydrogen-bond donors (Lipinski definition) is 1. The first kappa shape index (κ1) is 19.6. The third kappa shape index (κ3) is 4.46. The molecule has 6 heteroatoms. The van der Waals surface area contributed by atoms with Crippen molar-refractivity contribution in [2.75, 3.05) is 32.8 Å². The zero-order chi connectivity index (χ0) is 19.3. The summed E-state index contributed by atoms with van der Waals surface area (Å²) in [6.07, 6.45) is 5.27. The maximum atomic E-state index is 9.58. The molecule has 1 unspecified atom stereocenters. The molecule has 1 fully saturated rings. The van der Waals surface area contributed by atoms with Crippen molar-refractivity contribution in [3.63, 3.8) is 0 Å². The lowest BCUT2D eigenvalue weighted by Gasteiger charge is -2.41. The second kappa shape index (κ2) is 9.18. The highest BCUT2D eigenvalue weighted by Crippen LogP contribution is 2.21. The summed E-state index contributed by atoms with van der Waals surface area (Å²) in [6.45, 7) is 7.57. The summed E-state index contributed by atoms with van der Waals surface area (Å²) in [5.74, 6) is 0. The number of aliphatic hydroxyl groups is 1. The minimum absolute atomic E-state index is 0.258. The number of hydrogen-bond acceptors (Lipinski definition) is 5. The smallest absolute Gasteiger partial charge is 0.194 e. The minimum atomic E-state index is 0.258. The van der Waals surface area contributed by atoms with E-state index in [9.17, 15) is 5.11 Å². The van der Waals surface area contributed by atoms with Crippen molar-refractivity contribution in [1.29, 1.82) is 0 Å². The predicted molar refractivity (Wildman–Crippen MR) is 115 cm³/mol. The van der Waals surface area contributed by atoms with Crippen molar-refractivity contribution in [2.45, 2.75) is 38.8 Å². The van der Waals surface area contributed by atoms with Crippen LogP contribution >= 0.6 is 11.3 Å². The van der Waals surface area contributed by atoms with E-state index in [4.69, 9.17) is 0 Å². The molecule has 1 aliphatic heterocycles. The first-order chi connectivity index (χ1) is 13.7. The van der Waals surface area contributed by atoms with Crippen molar-refractivity contribution in [3.05, 3.63) is 58.9 Å². The largest absolute Gasteiger partial charge is 0.396 e. The highest BCUT2D eigenvalue weighted by atomic mass is 32.1. The van der Waals surface area contributed by atoms with Crippen molar-refractivity contribution in [2.24, 2.45) is 0 Å². The summed E-state index contributed by atoms with van der Waals surface area (Å²) in [5.41, 5.74) is 3.85. The van der Waals surface area contributed by atoms with E-state index < -0.39 is 0 Å². The van der Waals surface area contributed by atoms with Crippen LogP contribution in [0.15, 0.2) is 41.9 Å². The monoisotopic (exact) mass is 398 g/mol. The van der Waals surface area contributed by atoms with Gasteiger partial charge in [0, 0.05) is 50.4 Å². The minimum Gasteiger partial charge on any atom is -0.396 e. The van der Waals surface area contributed by atoms with Crippen molar-refractivity contribution in [1.82, 2.24) is 19.2 Å². The standard InChI is InChI=1S/C22H30N4OS/c1-18-21(26-13-15-28-22(26)23-18)17-24-11-12-25(20(16-24)9-14-27)10-5-8-19-6-3-2-4-7-19/h2-4,6-7,13,15,20,27H,5,8-12,14,16-17H2,1H3. The van der Waals surface area contributed by atoms with Gasteiger partial charge in [0.05, 0.1) is 11.4 Å². The molecule has 0 aliphatic carbocycles. The Hall–Kier alpha value is -1.73. The Morgan fingerprint density at radius 3 is 2.89 bits per heavy atom. The van der Waals surface area contributed by atoms with E-state index in [1.807, 2.05) is 0 Å². The van der Waals surface area contributed by atoms with Crippen LogP contribution in [0.4, 0.5) is 0 Å². The van der Waals surface area contributed by atoms with Crippen LogP contribution in [0.5, 0.6) is 0 Å². The number of fused-ring (bicyclic) bond motifs is 1. The summed E-state index contributed by atoms with van der Waals surface area (Å²) in [6, 6.07) is 11.2. The molecule has 1 aliphatic rings. The summed E-state index contributed by atoms with van der Waals surface area (Å²) >= 11 is 1.69. The molecule has 0 spiro atoms. The van der Waals surface area contributed by atoms with E-state index >= 15 is 0 Å². The Kier molecular flexibility index (Phi) is 6.42. The third-order valence-corrected chi connectivity index (χ3v) is 6.60. The number of thiazole rings is 1. The number of imidazole rings is 1. The predicted octanol–water partition coefficient (Wildman–Crippen LogP) is 3.21. The lowest BCUT2D eigenvalue weighted by atomic mass is 10.1. The fourth-order valence-corrected chi connectivity index (χ4v) is 5.07. The van der Waals surface area contributed by atoms with E-state index in [0.717, 1.165) is 56.2 Å². The van der Waals surface area contributed by atoms with E-state index in [1.54, 1.807) is 11.3 Å². The van der Waals surface area contributed by atoms with E-state index in [0.29, 0.717) is 6.04 Å². The van der Waals surface area contributed by atoms with Crippen LogP contribution in [0.3, 0.4) is 0 Å². The Balaban J connectivity index is 1.34. The van der Waals surface area contributed by atoms with Gasteiger partial charge in [0.25, 0.3) is 0 Å². The van der Waals surface area contributed by atoms with Crippen LogP contribution in [-0.4, -0.2) is 63.1 Å². The SMILES string of the molecule is Cc1nc2sccn2c1CN1CCN(CCCc2ccccc2)C(CCO)C1. The average molecular weight is 399 g/mol. The van der Waals surface area contributed by atoms with Crippen LogP contribution < -0.4 is 0 Å². The summed E-state index contributed by atoms with van der Waals surface area (Å²) < 4.78 is 2.23. The van der Waals surface area contributed by atoms with Crippen LogP contribution in [0.2, 0.25) is 0 Å². The maximum absolute atomic E-state index is 9.58. The highest BCUT2D eigenvalue weighted by Gasteiger charge is 2.27. The molecule has 4 rings (SSSR count). The molecule has 1 N–H and O–H groups in total. The molecule has 1 aromatic carbocycles. The van der Waals surface area contributed by atoms with Gasteiger partial charge in [-0.15, -0.1) is 11.3 Å². The lowest BCUT2D eigenvalue weighted by molar-refractivity contribution is 0.0539. The average Bonchev–Trinajstić information content (AvgIpc) is 3.27. The zero-order valence-corrected chi connectivity index (χ0v) is 17.4. The van der Waals surface area contributed by atoms with Gasteiger partial charge in [-0.2, -0.15) is 0 Å². The number of aryl methyl sites for hydroxylation is 2. The Bertz CT molecular complexity index is 875. The normalized spacial score (nSPS) is 18.9. The molecule has 28 heavy (non-hydrogen) atoms. The number of benzene rings is 1. The molecule has 0 amide bonds. The first-order valence-electron chi connectivity index (χ1n) is 10.3. The van der Waals surface area contributed by atoms with E-state index in [2.05, 4.69) is 68.0 Å². The molecule has 5 nitrogen and oxygen atoms in total. The van der Waals surface area contributed by atoms with Gasteiger partial charge >= 0.3 is 0 Å². The van der Waals surface area contributed by atoms with Gasteiger partial charge in [-0.1, -0.05) is 30.3 Å². The molecule has 150 valence electrons. The lowest BCUT2D eigenvalue weighted by Crippen LogP contribution is -2.53. The number of aromatic nitrogens is 2. The van der Waals surface area contributed by atoms with Crippen molar-refractivity contribution < 1.29 is 5.11 Å². The summed E-state index contributed by atoms with van der Waals surface area (Å²) in [7, 11) is 0. The first-order valence-corrected chi connectivity index (χ1v) is 11.1. The fourth-order valence-electron chi connectivity index (χ4n) is 4.29. The molecule has 0 bridgehead atoms. The summed E-state index contributed by atoms with van der Waals surface area (Å²) in [4.78, 5) is 10.9. The van der Waals surface area contributed by atoms with Crippen molar-refractivity contribution >= 4 is 16.3 Å². The molecule has 0 saturated carbocycles. The zero-order valence-electron chi connectivity index (χ0n) is 16.6. The third-order valence-electron chi connectivity index (χ3n) is 5.84. The molecule has 3 aromatic rings. The number of piperazine rings is 1. The second-order valence-corrected chi connectivity index (χ2v) is 8.60. The fraction of sp³-hybridized carbons (Fsp3) is 0.500. The van der Waals surface area contributed by atoms with Gasteiger partial charge in [-0.25, -0.2) is 4.98 Å². The highest BCUT2D eigenvalue weighted by molar-refractivity contribution is 7.15. The van der Waals surface area contributed by atoms with Gasteiger partial charge in [0.1, 0.15) is 0 Å². The van der Waals surface area contributed by atoms with Gasteiger partial charge in [-0.05, 0) is 38.3 Å². The summed E-state index contributed by atoms with van der Waals surface area (Å²) in [5, 5.41) is 11.7. The molecule has 1 saturated heterocycles. The van der Waals surface area contributed by atoms with Crippen LogP contribution in [0.1, 0.15) is 29.8 Å².